The normalized spacial score (nSPS) is 10.9. The summed E-state index contributed by atoms with van der Waals surface area (Å²) >= 11 is 6.13. The zero-order valence-electron chi connectivity index (χ0n) is 17.9. The molecule has 0 aliphatic heterocycles. The summed E-state index contributed by atoms with van der Waals surface area (Å²) in [4.78, 5) is 17.4. The van der Waals surface area contributed by atoms with Crippen LogP contribution in [0, 0.1) is 0 Å². The first-order valence-corrected chi connectivity index (χ1v) is 11.2. The summed E-state index contributed by atoms with van der Waals surface area (Å²) in [6.07, 6.45) is 1.64. The number of fused-ring (bicyclic) bond motifs is 1. The maximum absolute atomic E-state index is 12.5. The number of anilines is 1. The lowest BCUT2D eigenvalue weighted by molar-refractivity contribution is 0.102. The van der Waals surface area contributed by atoms with Gasteiger partial charge in [-0.2, -0.15) is 0 Å². The monoisotopic (exact) mass is 451 g/mol. The summed E-state index contributed by atoms with van der Waals surface area (Å²) in [5.41, 5.74) is 5.59. The minimum atomic E-state index is -0.218. The Labute approximate surface area is 197 Å². The average Bonchev–Trinajstić information content (AvgIpc) is 3.23. The number of aryl methyl sites for hydroxylation is 2. The van der Waals surface area contributed by atoms with Crippen molar-refractivity contribution < 1.29 is 4.79 Å². The molecule has 5 rings (SSSR count). The Balaban J connectivity index is 1.32. The quantitative estimate of drug-likeness (QED) is 0.311. The maximum atomic E-state index is 12.5. The molecule has 5 aromatic rings. The third-order valence-corrected chi connectivity index (χ3v) is 5.94. The molecule has 0 bridgehead atoms. The van der Waals surface area contributed by atoms with Crippen LogP contribution < -0.4 is 5.32 Å². The molecular weight excluding hydrogens is 430 g/mol. The van der Waals surface area contributed by atoms with Crippen LogP contribution in [-0.2, 0) is 12.8 Å². The highest BCUT2D eigenvalue weighted by Crippen LogP contribution is 2.23. The molecule has 0 radical (unpaired) electrons. The lowest BCUT2D eigenvalue weighted by Gasteiger charge is -2.10. The minimum absolute atomic E-state index is 0.218. The van der Waals surface area contributed by atoms with E-state index in [-0.39, 0.29) is 5.91 Å². The fraction of sp³-hybridized carbons (Fsp3) is 0.0714. The number of aromatic nitrogens is 2. The molecule has 1 heterocycles. The molecule has 4 nitrogen and oxygen atoms in total. The van der Waals surface area contributed by atoms with Gasteiger partial charge < -0.3 is 5.32 Å². The smallest absolute Gasteiger partial charge is 0.257 e. The van der Waals surface area contributed by atoms with Crippen molar-refractivity contribution in [3.63, 3.8) is 0 Å². The van der Waals surface area contributed by atoms with E-state index in [9.17, 15) is 4.79 Å². The number of imidazole rings is 1. The van der Waals surface area contributed by atoms with Crippen molar-refractivity contribution in [3.8, 4) is 5.69 Å². The molecule has 4 aromatic carbocycles. The first-order valence-electron chi connectivity index (χ1n) is 10.9. The van der Waals surface area contributed by atoms with Gasteiger partial charge in [-0.25, -0.2) is 4.98 Å². The van der Waals surface area contributed by atoms with Crippen molar-refractivity contribution >= 4 is 34.2 Å². The van der Waals surface area contributed by atoms with Crippen LogP contribution in [0.2, 0.25) is 5.02 Å². The number of carbonyl (C=O) groups is 1. The second-order valence-electron chi connectivity index (χ2n) is 7.82. The van der Waals surface area contributed by atoms with E-state index >= 15 is 0 Å². The summed E-state index contributed by atoms with van der Waals surface area (Å²) < 4.78 is 2.23. The van der Waals surface area contributed by atoms with Crippen LogP contribution in [0.4, 0.5) is 5.69 Å². The van der Waals surface area contributed by atoms with Gasteiger partial charge in [0.05, 0.1) is 21.6 Å². The largest absolute Gasteiger partial charge is 0.322 e. The summed E-state index contributed by atoms with van der Waals surface area (Å²) in [5.74, 6) is 0.809. The number of nitrogens with one attached hydrogen (secondary N) is 1. The number of nitrogens with zero attached hydrogens (tertiary/aromatic N) is 2. The minimum Gasteiger partial charge on any atom is -0.322 e. The summed E-state index contributed by atoms with van der Waals surface area (Å²) in [7, 11) is 0. The van der Waals surface area contributed by atoms with Crippen LogP contribution in [-0.4, -0.2) is 15.5 Å². The van der Waals surface area contributed by atoms with E-state index in [1.807, 2.05) is 54.6 Å². The summed E-state index contributed by atoms with van der Waals surface area (Å²) in [6.45, 7) is 0. The van der Waals surface area contributed by atoms with Crippen molar-refractivity contribution in [1.29, 1.82) is 0 Å². The highest BCUT2D eigenvalue weighted by atomic mass is 35.5. The van der Waals surface area contributed by atoms with Gasteiger partial charge in [-0.05, 0) is 60.5 Å². The van der Waals surface area contributed by atoms with Gasteiger partial charge >= 0.3 is 0 Å². The lowest BCUT2D eigenvalue weighted by Crippen LogP contribution is -2.12. The van der Waals surface area contributed by atoms with Gasteiger partial charge in [0.25, 0.3) is 5.91 Å². The van der Waals surface area contributed by atoms with Gasteiger partial charge in [0.1, 0.15) is 5.82 Å². The Bertz CT molecular complexity index is 1410. The molecule has 0 saturated heterocycles. The molecule has 5 heteroatoms. The van der Waals surface area contributed by atoms with Gasteiger partial charge in [0.15, 0.2) is 0 Å². The second kappa shape index (κ2) is 9.31. The van der Waals surface area contributed by atoms with Crippen molar-refractivity contribution in [3.05, 3.63) is 125 Å². The molecule has 162 valence electrons. The predicted molar refractivity (Wildman–Crippen MR) is 134 cm³/mol. The summed E-state index contributed by atoms with van der Waals surface area (Å²) in [5, 5.41) is 3.35. The molecule has 0 atom stereocenters. The van der Waals surface area contributed by atoms with E-state index in [0.717, 1.165) is 41.1 Å². The predicted octanol–water partition coefficient (Wildman–Crippen LogP) is 6.72. The van der Waals surface area contributed by atoms with Crippen LogP contribution in [0.5, 0.6) is 0 Å². The molecule has 0 saturated carbocycles. The number of halogens is 1. The number of hydrogen-bond acceptors (Lipinski definition) is 2. The van der Waals surface area contributed by atoms with Gasteiger partial charge in [-0.15, -0.1) is 0 Å². The van der Waals surface area contributed by atoms with Gasteiger partial charge in [0, 0.05) is 17.8 Å². The van der Waals surface area contributed by atoms with Crippen LogP contribution in [0.25, 0.3) is 16.7 Å². The number of hydrogen-bond donors (Lipinski definition) is 1. The van der Waals surface area contributed by atoms with Gasteiger partial charge in [0.2, 0.25) is 0 Å². The molecule has 0 spiro atoms. The molecular formula is C28H22ClN3O. The second-order valence-corrected chi connectivity index (χ2v) is 8.23. The van der Waals surface area contributed by atoms with Crippen molar-refractivity contribution in [2.75, 3.05) is 5.32 Å². The van der Waals surface area contributed by atoms with Gasteiger partial charge in [-0.3, -0.25) is 9.36 Å². The highest BCUT2D eigenvalue weighted by Gasteiger charge is 2.13. The van der Waals surface area contributed by atoms with E-state index in [1.165, 1.54) is 5.56 Å². The molecule has 0 aliphatic rings. The van der Waals surface area contributed by atoms with Crippen molar-refractivity contribution in [2.45, 2.75) is 12.8 Å². The Kier molecular flexibility index (Phi) is 5.92. The van der Waals surface area contributed by atoms with E-state index in [2.05, 4.69) is 34.1 Å². The third-order valence-electron chi connectivity index (χ3n) is 5.61. The van der Waals surface area contributed by atoms with Crippen LogP contribution >= 0.6 is 11.6 Å². The van der Waals surface area contributed by atoms with Crippen LogP contribution in [0.3, 0.4) is 0 Å². The van der Waals surface area contributed by atoms with Crippen molar-refractivity contribution in [1.82, 2.24) is 9.55 Å². The first-order chi connectivity index (χ1) is 16.2. The SMILES string of the molecule is O=C(Nc1ccc(CCc2nc3ccccc3n2-c2ccccc2)cc1)c1ccccc1Cl. The summed E-state index contributed by atoms with van der Waals surface area (Å²) in [6, 6.07) is 33.5. The Morgan fingerprint density at radius 3 is 2.27 bits per heavy atom. The molecule has 0 fully saturated rings. The molecule has 1 N–H and O–H groups in total. The Morgan fingerprint density at radius 2 is 1.48 bits per heavy atom. The Morgan fingerprint density at radius 1 is 0.788 bits per heavy atom. The fourth-order valence-corrected chi connectivity index (χ4v) is 4.18. The lowest BCUT2D eigenvalue weighted by atomic mass is 10.1. The average molecular weight is 452 g/mol. The fourth-order valence-electron chi connectivity index (χ4n) is 3.96. The van der Waals surface area contributed by atoms with E-state index < -0.39 is 0 Å². The molecule has 1 amide bonds. The number of carbonyl (C=O) groups excluding carboxylic acids is 1. The molecule has 0 aliphatic carbocycles. The van der Waals surface area contributed by atoms with E-state index in [1.54, 1.807) is 24.3 Å². The molecule has 0 unspecified atom stereocenters. The number of rotatable bonds is 6. The first kappa shape index (κ1) is 21.0. The van der Waals surface area contributed by atoms with Crippen LogP contribution in [0.15, 0.2) is 103 Å². The Hall–Kier alpha value is -3.89. The van der Waals surface area contributed by atoms with E-state index in [4.69, 9.17) is 16.6 Å². The zero-order chi connectivity index (χ0) is 22.6. The van der Waals surface area contributed by atoms with Gasteiger partial charge in [-0.1, -0.05) is 66.2 Å². The highest BCUT2D eigenvalue weighted by molar-refractivity contribution is 6.34. The standard InChI is InChI=1S/C28H22ClN3O/c29-24-11-5-4-10-23(24)28(33)30-21-17-14-20(15-18-21)16-19-27-31-25-12-6-7-13-26(25)32(27)22-8-2-1-3-9-22/h1-15,17-18H,16,19H2,(H,30,33). The number of para-hydroxylation sites is 3. The number of amides is 1. The molecule has 1 aromatic heterocycles. The van der Waals surface area contributed by atoms with Crippen LogP contribution in [0.1, 0.15) is 21.7 Å². The number of benzene rings is 4. The molecule has 33 heavy (non-hydrogen) atoms. The third kappa shape index (κ3) is 4.52. The maximum Gasteiger partial charge on any atom is 0.257 e. The topological polar surface area (TPSA) is 46.9 Å². The zero-order valence-corrected chi connectivity index (χ0v) is 18.7. The van der Waals surface area contributed by atoms with Crippen molar-refractivity contribution in [2.24, 2.45) is 0 Å². The van der Waals surface area contributed by atoms with E-state index in [0.29, 0.717) is 10.6 Å².